The second-order valence-corrected chi connectivity index (χ2v) is 3.92. The van der Waals surface area contributed by atoms with Crippen molar-refractivity contribution in [2.24, 2.45) is 0 Å². The van der Waals surface area contributed by atoms with Crippen molar-refractivity contribution >= 4 is 23.2 Å². The first-order valence-electron chi connectivity index (χ1n) is 5.73. The van der Waals surface area contributed by atoms with Gasteiger partial charge in [0, 0.05) is 24.3 Å². The van der Waals surface area contributed by atoms with Gasteiger partial charge in [-0.1, -0.05) is 18.2 Å². The van der Waals surface area contributed by atoms with Crippen molar-refractivity contribution in [3.05, 3.63) is 55.1 Å². The van der Waals surface area contributed by atoms with Gasteiger partial charge in [-0.2, -0.15) is 0 Å². The van der Waals surface area contributed by atoms with E-state index in [9.17, 15) is 4.79 Å². The molecule has 6 heteroatoms. The summed E-state index contributed by atoms with van der Waals surface area (Å²) in [5, 5.41) is 5.44. The molecule has 0 saturated carbocycles. The smallest absolute Gasteiger partial charge is 0.308 e. The summed E-state index contributed by atoms with van der Waals surface area (Å²) in [6.45, 7) is 0. The summed E-state index contributed by atoms with van der Waals surface area (Å²) in [5.41, 5.74) is 1.33. The lowest BCUT2D eigenvalue weighted by Gasteiger charge is -2.07. The molecule has 0 radical (unpaired) electrons. The Morgan fingerprint density at radius 1 is 1.05 bits per heavy atom. The van der Waals surface area contributed by atoms with Gasteiger partial charge in [-0.25, -0.2) is 14.8 Å². The molecule has 2 aromatic heterocycles. The first kappa shape index (κ1) is 11.2. The summed E-state index contributed by atoms with van der Waals surface area (Å²) in [7, 11) is 0. The molecule has 0 spiro atoms. The fraction of sp³-hybridized carbons (Fsp3) is 0. The third kappa shape index (κ3) is 2.52. The molecule has 0 unspecified atom stereocenters. The number of urea groups is 1. The van der Waals surface area contributed by atoms with Gasteiger partial charge >= 0.3 is 6.03 Å². The Hall–Kier alpha value is -2.89. The van der Waals surface area contributed by atoms with Gasteiger partial charge in [0.1, 0.15) is 0 Å². The number of nitrogens with zero attached hydrogens (tertiary/aromatic N) is 3. The number of hydrogen-bond acceptors (Lipinski definition) is 3. The number of carbonyl (C=O) groups is 1. The van der Waals surface area contributed by atoms with E-state index in [1.807, 2.05) is 30.3 Å². The molecule has 2 N–H and O–H groups in total. The van der Waals surface area contributed by atoms with Gasteiger partial charge in [0.2, 0.25) is 5.78 Å². The zero-order valence-corrected chi connectivity index (χ0v) is 9.95. The van der Waals surface area contributed by atoms with Crippen molar-refractivity contribution in [2.45, 2.75) is 0 Å². The number of para-hydroxylation sites is 1. The molecule has 1 aromatic carbocycles. The number of anilines is 2. The lowest BCUT2D eigenvalue weighted by molar-refractivity contribution is 0.262. The molecule has 19 heavy (non-hydrogen) atoms. The standard InChI is InChI=1S/C13H11N5O/c19-13(16-10-4-2-1-3-5-10)17-11-8-15-12-14-6-7-18(12)9-11/h1-9H,(H2,16,17,19). The molecule has 0 aliphatic heterocycles. The third-order valence-corrected chi connectivity index (χ3v) is 2.54. The van der Waals surface area contributed by atoms with Crippen LogP contribution >= 0.6 is 0 Å². The summed E-state index contributed by atoms with van der Waals surface area (Å²) >= 11 is 0. The van der Waals surface area contributed by atoms with E-state index in [-0.39, 0.29) is 6.03 Å². The zero-order valence-electron chi connectivity index (χ0n) is 9.95. The Balaban J connectivity index is 1.72. The van der Waals surface area contributed by atoms with Crippen LogP contribution in [0.5, 0.6) is 0 Å². The molecule has 3 aromatic rings. The number of nitrogens with one attached hydrogen (secondary N) is 2. The molecule has 2 amide bonds. The fourth-order valence-corrected chi connectivity index (χ4v) is 1.70. The number of rotatable bonds is 2. The lowest BCUT2D eigenvalue weighted by atomic mass is 10.3. The molecular weight excluding hydrogens is 242 g/mol. The SMILES string of the molecule is O=C(Nc1ccccc1)Nc1cnc2nccn2c1. The summed E-state index contributed by atoms with van der Waals surface area (Å²) in [6, 6.07) is 8.92. The number of aromatic nitrogens is 3. The molecule has 0 atom stereocenters. The number of fused-ring (bicyclic) bond motifs is 1. The van der Waals surface area contributed by atoms with Crippen LogP contribution in [0, 0.1) is 0 Å². The number of hydrogen-bond donors (Lipinski definition) is 2. The first-order valence-corrected chi connectivity index (χ1v) is 5.73. The summed E-state index contributed by atoms with van der Waals surface area (Å²) < 4.78 is 1.73. The van der Waals surface area contributed by atoms with Crippen molar-refractivity contribution in [1.82, 2.24) is 14.4 Å². The quantitative estimate of drug-likeness (QED) is 0.736. The highest BCUT2D eigenvalue weighted by molar-refractivity contribution is 5.99. The van der Waals surface area contributed by atoms with Gasteiger partial charge < -0.3 is 10.6 Å². The van der Waals surface area contributed by atoms with Gasteiger partial charge in [-0.05, 0) is 12.1 Å². The second-order valence-electron chi connectivity index (χ2n) is 3.92. The Bertz CT molecular complexity index is 707. The molecule has 94 valence electrons. The minimum absolute atomic E-state index is 0.313. The van der Waals surface area contributed by atoms with E-state index in [0.29, 0.717) is 11.5 Å². The Labute approximate surface area is 109 Å². The molecule has 3 rings (SSSR count). The zero-order chi connectivity index (χ0) is 13.1. The van der Waals surface area contributed by atoms with E-state index >= 15 is 0 Å². The largest absolute Gasteiger partial charge is 0.323 e. The number of carbonyl (C=O) groups excluding carboxylic acids is 1. The van der Waals surface area contributed by atoms with E-state index in [1.165, 1.54) is 0 Å². The van der Waals surface area contributed by atoms with Crippen LogP contribution in [0.25, 0.3) is 5.78 Å². The maximum atomic E-state index is 11.8. The van der Waals surface area contributed by atoms with E-state index in [2.05, 4.69) is 20.6 Å². The van der Waals surface area contributed by atoms with Gasteiger partial charge in [-0.15, -0.1) is 0 Å². The van der Waals surface area contributed by atoms with Crippen LogP contribution in [0.15, 0.2) is 55.1 Å². The Morgan fingerprint density at radius 2 is 1.84 bits per heavy atom. The predicted molar refractivity (Wildman–Crippen MR) is 72.1 cm³/mol. The van der Waals surface area contributed by atoms with Crippen LogP contribution in [-0.2, 0) is 0 Å². The van der Waals surface area contributed by atoms with Crippen molar-refractivity contribution in [3.8, 4) is 0 Å². The topological polar surface area (TPSA) is 71.3 Å². The van der Waals surface area contributed by atoms with Crippen molar-refractivity contribution in [3.63, 3.8) is 0 Å². The number of benzene rings is 1. The molecule has 6 nitrogen and oxygen atoms in total. The van der Waals surface area contributed by atoms with Gasteiger partial charge in [-0.3, -0.25) is 4.40 Å². The third-order valence-electron chi connectivity index (χ3n) is 2.54. The monoisotopic (exact) mass is 253 g/mol. The Morgan fingerprint density at radius 3 is 2.68 bits per heavy atom. The summed E-state index contributed by atoms with van der Waals surface area (Å²) in [6.07, 6.45) is 6.73. The van der Waals surface area contributed by atoms with Gasteiger partial charge in [0.15, 0.2) is 0 Å². The molecule has 0 aliphatic carbocycles. The lowest BCUT2D eigenvalue weighted by Crippen LogP contribution is -2.19. The highest BCUT2D eigenvalue weighted by Crippen LogP contribution is 2.09. The molecule has 0 aliphatic rings. The van der Waals surface area contributed by atoms with Crippen LogP contribution in [0.4, 0.5) is 16.2 Å². The second kappa shape index (κ2) is 4.77. The van der Waals surface area contributed by atoms with Gasteiger partial charge in [0.05, 0.1) is 11.9 Å². The summed E-state index contributed by atoms with van der Waals surface area (Å²) in [5.74, 6) is 0.592. The highest BCUT2D eigenvalue weighted by Gasteiger charge is 2.03. The van der Waals surface area contributed by atoms with E-state index < -0.39 is 0 Å². The number of imidazole rings is 1. The van der Waals surface area contributed by atoms with Crippen LogP contribution in [0.1, 0.15) is 0 Å². The predicted octanol–water partition coefficient (Wildman–Crippen LogP) is 2.37. The van der Waals surface area contributed by atoms with E-state index in [4.69, 9.17) is 0 Å². The average Bonchev–Trinajstić information content (AvgIpc) is 2.87. The fourth-order valence-electron chi connectivity index (χ4n) is 1.70. The normalized spacial score (nSPS) is 10.3. The average molecular weight is 253 g/mol. The first-order chi connectivity index (χ1) is 9.31. The minimum Gasteiger partial charge on any atom is -0.308 e. The van der Waals surface area contributed by atoms with Crippen LogP contribution in [0.3, 0.4) is 0 Å². The van der Waals surface area contributed by atoms with Crippen molar-refractivity contribution in [1.29, 1.82) is 0 Å². The van der Waals surface area contributed by atoms with Crippen LogP contribution < -0.4 is 10.6 Å². The van der Waals surface area contributed by atoms with Crippen LogP contribution in [-0.4, -0.2) is 20.4 Å². The van der Waals surface area contributed by atoms with Crippen LogP contribution in [0.2, 0.25) is 0 Å². The van der Waals surface area contributed by atoms with E-state index in [0.717, 1.165) is 5.69 Å². The molecule has 0 bridgehead atoms. The minimum atomic E-state index is -0.313. The maximum absolute atomic E-state index is 11.8. The molecule has 0 saturated heterocycles. The number of amides is 2. The summed E-state index contributed by atoms with van der Waals surface area (Å²) in [4.78, 5) is 19.9. The molecule has 0 fully saturated rings. The maximum Gasteiger partial charge on any atom is 0.323 e. The van der Waals surface area contributed by atoms with Crippen molar-refractivity contribution < 1.29 is 4.79 Å². The molecular formula is C13H11N5O. The Kier molecular flexibility index (Phi) is 2.82. The van der Waals surface area contributed by atoms with Crippen molar-refractivity contribution in [2.75, 3.05) is 10.6 Å². The molecule has 2 heterocycles. The van der Waals surface area contributed by atoms with E-state index in [1.54, 1.807) is 29.2 Å². The van der Waals surface area contributed by atoms with Gasteiger partial charge in [0.25, 0.3) is 0 Å². The highest BCUT2D eigenvalue weighted by atomic mass is 16.2.